The number of ether oxygens (including phenoxy) is 1. The zero-order chi connectivity index (χ0) is 17.1. The molecule has 1 amide bonds. The Hall–Kier alpha value is -1.47. The fraction of sp³-hybridized carbons (Fsp3) is 0.632. The van der Waals surface area contributed by atoms with Crippen LogP contribution in [0.4, 0.5) is 0 Å². The van der Waals surface area contributed by atoms with Gasteiger partial charge in [-0.05, 0) is 24.8 Å². The first kappa shape index (κ1) is 17.0. The van der Waals surface area contributed by atoms with Crippen molar-refractivity contribution < 1.29 is 9.53 Å². The van der Waals surface area contributed by atoms with Gasteiger partial charge < -0.3 is 9.64 Å². The molecule has 1 aromatic carbocycles. The monoisotopic (exact) mass is 344 g/mol. The minimum absolute atomic E-state index is 0.130. The highest BCUT2D eigenvalue weighted by atomic mass is 16.5. The standard InChI is InChI=1S/C19H28N4O2/c24-19(18-13-17(20-21-18)15-5-2-1-3-6-15)23-10-8-22(9-11-23)14-16-7-4-12-25-16/h1-3,5-6,16-18,20-21H,4,7-14H2. The summed E-state index contributed by atoms with van der Waals surface area (Å²) >= 11 is 0. The van der Waals surface area contributed by atoms with Crippen LogP contribution in [0.3, 0.4) is 0 Å². The molecule has 4 rings (SSSR count). The van der Waals surface area contributed by atoms with E-state index in [0.29, 0.717) is 6.10 Å². The van der Waals surface area contributed by atoms with Crippen LogP contribution >= 0.6 is 0 Å². The molecule has 0 bridgehead atoms. The van der Waals surface area contributed by atoms with Crippen LogP contribution in [0.15, 0.2) is 30.3 Å². The molecule has 136 valence electrons. The Balaban J connectivity index is 1.25. The number of carbonyl (C=O) groups excluding carboxylic acids is 1. The SMILES string of the molecule is O=C(C1CC(c2ccccc2)NN1)N1CCN(CC2CCCO2)CC1. The zero-order valence-electron chi connectivity index (χ0n) is 14.7. The molecule has 0 radical (unpaired) electrons. The fourth-order valence-corrected chi connectivity index (χ4v) is 4.07. The molecule has 0 spiro atoms. The van der Waals surface area contributed by atoms with Crippen molar-refractivity contribution in [3.63, 3.8) is 0 Å². The predicted molar refractivity (Wildman–Crippen MR) is 95.9 cm³/mol. The number of piperazine rings is 1. The molecular formula is C19H28N4O2. The van der Waals surface area contributed by atoms with E-state index in [-0.39, 0.29) is 18.0 Å². The zero-order valence-corrected chi connectivity index (χ0v) is 14.7. The third-order valence-electron chi connectivity index (χ3n) is 5.57. The quantitative estimate of drug-likeness (QED) is 0.851. The van der Waals surface area contributed by atoms with Crippen molar-refractivity contribution in [3.8, 4) is 0 Å². The van der Waals surface area contributed by atoms with Gasteiger partial charge in [0, 0.05) is 45.4 Å². The summed E-state index contributed by atoms with van der Waals surface area (Å²) in [5.74, 6) is 0.225. The van der Waals surface area contributed by atoms with Gasteiger partial charge in [0.15, 0.2) is 0 Å². The third-order valence-corrected chi connectivity index (χ3v) is 5.57. The topological polar surface area (TPSA) is 56.8 Å². The van der Waals surface area contributed by atoms with Gasteiger partial charge in [0.1, 0.15) is 6.04 Å². The Morgan fingerprint density at radius 3 is 2.64 bits per heavy atom. The lowest BCUT2D eigenvalue weighted by molar-refractivity contribution is -0.135. The molecule has 1 aromatic rings. The van der Waals surface area contributed by atoms with Gasteiger partial charge in [-0.2, -0.15) is 0 Å². The minimum atomic E-state index is -0.130. The van der Waals surface area contributed by atoms with Crippen molar-refractivity contribution in [1.29, 1.82) is 0 Å². The molecule has 6 nitrogen and oxygen atoms in total. The highest BCUT2D eigenvalue weighted by Crippen LogP contribution is 2.23. The molecule has 6 heteroatoms. The molecule has 3 fully saturated rings. The average molecular weight is 344 g/mol. The number of nitrogens with zero attached hydrogens (tertiary/aromatic N) is 2. The lowest BCUT2D eigenvalue weighted by atomic mass is 10.0. The van der Waals surface area contributed by atoms with E-state index < -0.39 is 0 Å². The van der Waals surface area contributed by atoms with Crippen molar-refractivity contribution in [1.82, 2.24) is 20.7 Å². The van der Waals surface area contributed by atoms with Crippen molar-refractivity contribution in [2.45, 2.75) is 37.5 Å². The number of hydrogen-bond acceptors (Lipinski definition) is 5. The smallest absolute Gasteiger partial charge is 0.241 e. The van der Waals surface area contributed by atoms with Gasteiger partial charge in [-0.1, -0.05) is 30.3 Å². The summed E-state index contributed by atoms with van der Waals surface area (Å²) < 4.78 is 5.72. The number of hydrogen-bond donors (Lipinski definition) is 2. The molecule has 3 atom stereocenters. The van der Waals surface area contributed by atoms with Crippen LogP contribution in [0, 0.1) is 0 Å². The summed E-state index contributed by atoms with van der Waals surface area (Å²) in [4.78, 5) is 17.3. The van der Waals surface area contributed by atoms with E-state index in [4.69, 9.17) is 4.74 Å². The second-order valence-electron chi connectivity index (χ2n) is 7.30. The van der Waals surface area contributed by atoms with Crippen LogP contribution in [-0.4, -0.2) is 67.2 Å². The Bertz CT molecular complexity index is 568. The number of rotatable bonds is 4. The predicted octanol–water partition coefficient (Wildman–Crippen LogP) is 0.917. The summed E-state index contributed by atoms with van der Waals surface area (Å²) in [6.45, 7) is 5.47. The van der Waals surface area contributed by atoms with Crippen LogP contribution in [0.2, 0.25) is 0 Å². The molecule has 2 N–H and O–H groups in total. The molecule has 0 aromatic heterocycles. The molecule has 0 aliphatic carbocycles. The van der Waals surface area contributed by atoms with E-state index in [9.17, 15) is 4.79 Å². The number of benzene rings is 1. The van der Waals surface area contributed by atoms with Crippen molar-refractivity contribution in [2.75, 3.05) is 39.3 Å². The highest BCUT2D eigenvalue weighted by molar-refractivity contribution is 5.82. The normalized spacial score (nSPS) is 30.7. The van der Waals surface area contributed by atoms with E-state index in [1.54, 1.807) is 0 Å². The Morgan fingerprint density at radius 2 is 1.92 bits per heavy atom. The van der Waals surface area contributed by atoms with Gasteiger partial charge in [0.2, 0.25) is 5.91 Å². The van der Waals surface area contributed by atoms with E-state index in [2.05, 4.69) is 27.9 Å². The van der Waals surface area contributed by atoms with Crippen molar-refractivity contribution in [3.05, 3.63) is 35.9 Å². The van der Waals surface area contributed by atoms with Gasteiger partial charge in [0.25, 0.3) is 0 Å². The maximum atomic E-state index is 12.8. The summed E-state index contributed by atoms with van der Waals surface area (Å²) in [6.07, 6.45) is 3.57. The number of nitrogens with one attached hydrogen (secondary N) is 2. The minimum Gasteiger partial charge on any atom is -0.377 e. The van der Waals surface area contributed by atoms with E-state index in [1.165, 1.54) is 18.4 Å². The Morgan fingerprint density at radius 1 is 1.12 bits per heavy atom. The molecule has 3 saturated heterocycles. The largest absolute Gasteiger partial charge is 0.377 e. The summed E-state index contributed by atoms with van der Waals surface area (Å²) in [5, 5.41) is 0. The molecule has 3 unspecified atom stereocenters. The van der Waals surface area contributed by atoms with Crippen LogP contribution in [0.5, 0.6) is 0 Å². The third kappa shape index (κ3) is 4.03. The molecule has 3 aliphatic heterocycles. The Labute approximate surface area is 149 Å². The van der Waals surface area contributed by atoms with Crippen molar-refractivity contribution in [2.24, 2.45) is 0 Å². The van der Waals surface area contributed by atoms with Crippen LogP contribution in [0.1, 0.15) is 30.9 Å². The highest BCUT2D eigenvalue weighted by Gasteiger charge is 2.34. The maximum absolute atomic E-state index is 12.8. The second kappa shape index (κ2) is 7.83. The molecule has 0 saturated carbocycles. The Kier molecular flexibility index (Phi) is 5.31. The van der Waals surface area contributed by atoms with Gasteiger partial charge >= 0.3 is 0 Å². The first-order chi connectivity index (χ1) is 12.3. The second-order valence-corrected chi connectivity index (χ2v) is 7.30. The summed E-state index contributed by atoms with van der Waals surface area (Å²) in [6, 6.07) is 10.4. The van der Waals surface area contributed by atoms with Gasteiger partial charge in [-0.3, -0.25) is 9.69 Å². The van der Waals surface area contributed by atoms with E-state index >= 15 is 0 Å². The van der Waals surface area contributed by atoms with Crippen LogP contribution in [0.25, 0.3) is 0 Å². The molecule has 3 aliphatic rings. The lowest BCUT2D eigenvalue weighted by Crippen LogP contribution is -2.54. The van der Waals surface area contributed by atoms with E-state index in [0.717, 1.165) is 45.8 Å². The summed E-state index contributed by atoms with van der Waals surface area (Å²) in [5.41, 5.74) is 7.70. The fourth-order valence-electron chi connectivity index (χ4n) is 4.07. The molecule has 25 heavy (non-hydrogen) atoms. The van der Waals surface area contributed by atoms with Gasteiger partial charge in [-0.15, -0.1) is 0 Å². The average Bonchev–Trinajstić information content (AvgIpc) is 3.34. The molecule has 3 heterocycles. The van der Waals surface area contributed by atoms with Gasteiger partial charge in [0.05, 0.1) is 6.10 Å². The van der Waals surface area contributed by atoms with Crippen molar-refractivity contribution >= 4 is 5.91 Å². The lowest BCUT2D eigenvalue weighted by Gasteiger charge is -2.36. The van der Waals surface area contributed by atoms with Crippen LogP contribution in [-0.2, 0) is 9.53 Å². The summed E-state index contributed by atoms with van der Waals surface area (Å²) in [7, 11) is 0. The maximum Gasteiger partial charge on any atom is 0.241 e. The first-order valence-electron chi connectivity index (χ1n) is 9.48. The number of amides is 1. The van der Waals surface area contributed by atoms with Crippen LogP contribution < -0.4 is 10.9 Å². The number of hydrazine groups is 1. The first-order valence-corrected chi connectivity index (χ1v) is 9.48. The van der Waals surface area contributed by atoms with E-state index in [1.807, 2.05) is 23.1 Å². The number of carbonyl (C=O) groups is 1. The van der Waals surface area contributed by atoms with Gasteiger partial charge in [-0.25, -0.2) is 10.9 Å². The molecular weight excluding hydrogens is 316 g/mol.